The minimum Gasteiger partial charge on any atom is -0.478 e. The Hall–Kier alpha value is -3.06. The highest BCUT2D eigenvalue weighted by Crippen LogP contribution is 2.25. The van der Waals surface area contributed by atoms with Crippen LogP contribution in [0.1, 0.15) is 25.5 Å². The Bertz CT molecular complexity index is 929. The molecule has 0 amide bonds. The van der Waals surface area contributed by atoms with Crippen LogP contribution < -0.4 is 0 Å². The zero-order valence-electron chi connectivity index (χ0n) is 16.2. The van der Waals surface area contributed by atoms with Crippen molar-refractivity contribution in [1.29, 1.82) is 0 Å². The molecule has 0 spiro atoms. The molecule has 1 atom stereocenters. The van der Waals surface area contributed by atoms with Gasteiger partial charge in [-0.1, -0.05) is 6.07 Å². The van der Waals surface area contributed by atoms with Crippen molar-refractivity contribution in [3.63, 3.8) is 0 Å². The molecule has 1 aromatic heterocycles. The smallest absolute Gasteiger partial charge is 0.331 e. The number of aliphatic carboxylic acids is 1. The molecule has 0 aliphatic carbocycles. The molecule has 0 bridgehead atoms. The fourth-order valence-electron chi connectivity index (χ4n) is 3.32. The summed E-state index contributed by atoms with van der Waals surface area (Å²) in [6.07, 6.45) is 6.71. The maximum absolute atomic E-state index is 10.9. The van der Waals surface area contributed by atoms with Gasteiger partial charge in [0.1, 0.15) is 5.82 Å². The van der Waals surface area contributed by atoms with E-state index in [1.807, 2.05) is 6.07 Å². The summed E-state index contributed by atoms with van der Waals surface area (Å²) in [6, 6.07) is 6.51. The number of hydrogen-bond acceptors (Lipinski definition) is 6. The predicted molar refractivity (Wildman–Crippen MR) is 110 cm³/mol. The molecule has 7 heteroatoms. The van der Waals surface area contributed by atoms with Crippen molar-refractivity contribution in [3.8, 4) is 0 Å². The third-order valence-electron chi connectivity index (χ3n) is 5.14. The summed E-state index contributed by atoms with van der Waals surface area (Å²) >= 11 is 0. The highest BCUT2D eigenvalue weighted by Gasteiger charge is 2.23. The van der Waals surface area contributed by atoms with E-state index in [0.717, 1.165) is 37.2 Å². The Morgan fingerprint density at radius 1 is 1.18 bits per heavy atom. The topological polar surface area (TPSA) is 81.9 Å². The molecule has 3 rings (SSSR count). The normalized spacial score (nSPS) is 17.6. The lowest BCUT2D eigenvalue weighted by molar-refractivity contribution is -0.132. The number of aromatic nitrogens is 2. The third kappa shape index (κ3) is 4.43. The van der Waals surface area contributed by atoms with Crippen LogP contribution in [-0.2, 0) is 4.79 Å². The number of fused-ring (bicyclic) bond motifs is 1. The van der Waals surface area contributed by atoms with Gasteiger partial charge in [-0.05, 0) is 50.4 Å². The maximum atomic E-state index is 10.9. The van der Waals surface area contributed by atoms with E-state index in [0.29, 0.717) is 5.82 Å². The second-order valence-electron chi connectivity index (χ2n) is 6.84. The van der Waals surface area contributed by atoms with Crippen LogP contribution in [0.5, 0.6) is 0 Å². The van der Waals surface area contributed by atoms with Crippen molar-refractivity contribution in [2.24, 2.45) is 4.99 Å². The van der Waals surface area contributed by atoms with Crippen molar-refractivity contribution in [1.82, 2.24) is 19.8 Å². The number of rotatable bonds is 6. The molecule has 2 heterocycles. The van der Waals surface area contributed by atoms with Gasteiger partial charge in [-0.2, -0.15) is 0 Å². The van der Waals surface area contributed by atoms with Crippen LogP contribution >= 0.6 is 0 Å². The van der Waals surface area contributed by atoms with Gasteiger partial charge in [-0.15, -0.1) is 0 Å². The molecule has 1 aliphatic heterocycles. The molecule has 28 heavy (non-hydrogen) atoms. The number of carboxylic acids is 1. The third-order valence-corrected chi connectivity index (χ3v) is 5.14. The largest absolute Gasteiger partial charge is 0.478 e. The first-order valence-corrected chi connectivity index (χ1v) is 9.28. The Kier molecular flexibility index (Phi) is 6.16. The van der Waals surface area contributed by atoms with Gasteiger partial charge in [0.15, 0.2) is 0 Å². The second-order valence-corrected chi connectivity index (χ2v) is 6.84. The zero-order valence-corrected chi connectivity index (χ0v) is 16.2. The van der Waals surface area contributed by atoms with Crippen LogP contribution in [0.4, 0.5) is 0 Å². The summed E-state index contributed by atoms with van der Waals surface area (Å²) in [5.74, 6) is -0.229. The van der Waals surface area contributed by atoms with Crippen molar-refractivity contribution in [3.05, 3.63) is 59.7 Å². The molecule has 2 aromatic rings. The van der Waals surface area contributed by atoms with Gasteiger partial charge in [0.25, 0.3) is 0 Å². The molecule has 7 nitrogen and oxygen atoms in total. The highest BCUT2D eigenvalue weighted by molar-refractivity contribution is 5.86. The SMILES string of the molecule is C=N/C(=C\C=C(/C)C(=O)O)N1CCN(C(C)c2ccc3nccnc3c2)CC1. The van der Waals surface area contributed by atoms with Crippen molar-refractivity contribution in [2.45, 2.75) is 19.9 Å². The van der Waals surface area contributed by atoms with E-state index >= 15 is 0 Å². The molecular formula is C21H25N5O2. The number of nitrogens with zero attached hydrogens (tertiary/aromatic N) is 5. The van der Waals surface area contributed by atoms with Gasteiger partial charge < -0.3 is 10.0 Å². The number of allylic oxidation sites excluding steroid dienone is 2. The summed E-state index contributed by atoms with van der Waals surface area (Å²) in [4.78, 5) is 28.3. The van der Waals surface area contributed by atoms with Crippen molar-refractivity contribution < 1.29 is 9.90 Å². The summed E-state index contributed by atoms with van der Waals surface area (Å²) < 4.78 is 0. The average Bonchev–Trinajstić information content (AvgIpc) is 2.73. The summed E-state index contributed by atoms with van der Waals surface area (Å²) in [5.41, 5.74) is 3.30. The Morgan fingerprint density at radius 2 is 1.86 bits per heavy atom. The Morgan fingerprint density at radius 3 is 2.50 bits per heavy atom. The monoisotopic (exact) mass is 379 g/mol. The minimum absolute atomic E-state index is 0.270. The van der Waals surface area contributed by atoms with Crippen LogP contribution in [0.3, 0.4) is 0 Å². The number of benzene rings is 1. The number of aliphatic imine (C=N–C) groups is 1. The maximum Gasteiger partial charge on any atom is 0.331 e. The molecule has 146 valence electrons. The average molecular weight is 379 g/mol. The van der Waals surface area contributed by atoms with E-state index in [1.165, 1.54) is 5.56 Å². The standard InChI is InChI=1S/C21H25N5O2/c1-15(21(27)28)4-7-20(22-3)26-12-10-25(11-13-26)16(2)17-5-6-18-19(14-17)24-9-8-23-18/h4-9,14,16H,3,10-13H2,1-2H3,(H,27,28)/b15-4+,20-7+. The molecule has 1 saturated heterocycles. The van der Waals surface area contributed by atoms with Crippen molar-refractivity contribution >= 4 is 23.7 Å². The first kappa shape index (κ1) is 19.7. The van der Waals surface area contributed by atoms with E-state index in [-0.39, 0.29) is 11.6 Å². The van der Waals surface area contributed by atoms with Gasteiger partial charge >= 0.3 is 5.97 Å². The van der Waals surface area contributed by atoms with E-state index in [2.05, 4.69) is 50.5 Å². The van der Waals surface area contributed by atoms with Gasteiger partial charge in [0.2, 0.25) is 0 Å². The molecule has 1 unspecified atom stereocenters. The van der Waals surface area contributed by atoms with Gasteiger partial charge in [0, 0.05) is 50.2 Å². The number of hydrogen-bond donors (Lipinski definition) is 1. The van der Waals surface area contributed by atoms with Gasteiger partial charge in [-0.3, -0.25) is 14.9 Å². The van der Waals surface area contributed by atoms with Crippen LogP contribution in [0.25, 0.3) is 11.0 Å². The summed E-state index contributed by atoms with van der Waals surface area (Å²) in [7, 11) is 0. The highest BCUT2D eigenvalue weighted by atomic mass is 16.4. The van der Waals surface area contributed by atoms with Crippen LogP contribution in [0.15, 0.2) is 59.1 Å². The lowest BCUT2D eigenvalue weighted by Crippen LogP contribution is -2.46. The molecule has 0 saturated carbocycles. The molecule has 1 aliphatic rings. The molecule has 1 fully saturated rings. The van der Waals surface area contributed by atoms with Crippen molar-refractivity contribution in [2.75, 3.05) is 26.2 Å². The molecular weight excluding hydrogens is 354 g/mol. The van der Waals surface area contributed by atoms with Crippen LogP contribution in [0, 0.1) is 0 Å². The molecule has 1 aromatic carbocycles. The first-order valence-electron chi connectivity index (χ1n) is 9.28. The first-order chi connectivity index (χ1) is 13.5. The van der Waals surface area contributed by atoms with E-state index in [9.17, 15) is 4.79 Å². The van der Waals surface area contributed by atoms with E-state index in [1.54, 1.807) is 31.5 Å². The summed E-state index contributed by atoms with van der Waals surface area (Å²) in [5, 5.41) is 8.98. The summed E-state index contributed by atoms with van der Waals surface area (Å²) in [6.45, 7) is 10.8. The molecule has 0 radical (unpaired) electrons. The van der Waals surface area contributed by atoms with Crippen LogP contribution in [-0.4, -0.2) is 63.7 Å². The van der Waals surface area contributed by atoms with E-state index in [4.69, 9.17) is 5.11 Å². The van der Waals surface area contributed by atoms with Gasteiger partial charge in [0.05, 0.1) is 11.0 Å². The quantitative estimate of drug-likeness (QED) is 0.472. The minimum atomic E-state index is -0.932. The predicted octanol–water partition coefficient (Wildman–Crippen LogP) is 2.88. The fourth-order valence-corrected chi connectivity index (χ4v) is 3.32. The van der Waals surface area contributed by atoms with Crippen LogP contribution in [0.2, 0.25) is 0 Å². The fraction of sp³-hybridized carbons (Fsp3) is 0.333. The van der Waals surface area contributed by atoms with Gasteiger partial charge in [-0.25, -0.2) is 9.79 Å². The number of carbonyl (C=O) groups is 1. The second kappa shape index (κ2) is 8.75. The molecule has 1 N–H and O–H groups in total. The number of carboxylic acid groups (broad SMARTS) is 1. The number of piperazine rings is 1. The Balaban J connectivity index is 1.66. The lowest BCUT2D eigenvalue weighted by atomic mass is 10.0. The zero-order chi connectivity index (χ0) is 20.1. The lowest BCUT2D eigenvalue weighted by Gasteiger charge is -2.39. The van der Waals surface area contributed by atoms with E-state index < -0.39 is 5.97 Å². The Labute approximate surface area is 164 Å².